The summed E-state index contributed by atoms with van der Waals surface area (Å²) in [5.74, 6) is 0.969. The number of benzene rings is 8. The molecule has 0 saturated heterocycles. The summed E-state index contributed by atoms with van der Waals surface area (Å²) in [5, 5.41) is 7.98. The molecule has 0 bridgehead atoms. The lowest BCUT2D eigenvalue weighted by Crippen LogP contribution is -2.74. The second-order valence-electron chi connectivity index (χ2n) is 15.8. The smallest absolute Gasteiger partial charge is 0.179 e. The number of nitrogens with zero attached hydrogens (tertiary/aromatic N) is 2. The van der Waals surface area contributed by atoms with Crippen molar-refractivity contribution in [3.8, 4) is 22.6 Å². The van der Waals surface area contributed by atoms with Crippen molar-refractivity contribution in [2.75, 3.05) is 4.90 Å². The van der Waals surface area contributed by atoms with E-state index < -0.39 is 8.07 Å². The van der Waals surface area contributed by atoms with E-state index in [1.54, 1.807) is 0 Å². The van der Waals surface area contributed by atoms with Gasteiger partial charge in [0.05, 0.1) is 34.1 Å². The summed E-state index contributed by atoms with van der Waals surface area (Å²) in [4.78, 5) is 2.65. The molecule has 2 aliphatic rings. The first-order chi connectivity index (χ1) is 28.8. The Morgan fingerprint density at radius 3 is 1.59 bits per heavy atom. The maximum atomic E-state index is 6.82. The van der Waals surface area contributed by atoms with Crippen LogP contribution in [0, 0.1) is 0 Å². The van der Waals surface area contributed by atoms with Crippen LogP contribution < -0.4 is 30.4 Å². The number of ether oxygens (including phenoxy) is 1. The molecule has 2 unspecified atom stereocenters. The molecule has 4 heteroatoms. The molecule has 58 heavy (non-hydrogen) atoms. The maximum absolute atomic E-state index is 6.82. The van der Waals surface area contributed by atoms with Crippen molar-refractivity contribution in [3.63, 3.8) is 0 Å². The molecule has 0 spiro atoms. The third-order valence-electron chi connectivity index (χ3n) is 12.7. The van der Waals surface area contributed by atoms with Crippen molar-refractivity contribution >= 4 is 62.0 Å². The zero-order chi connectivity index (χ0) is 38.5. The molecule has 2 atom stereocenters. The Labute approximate surface area is 341 Å². The van der Waals surface area contributed by atoms with Gasteiger partial charge in [-0.1, -0.05) is 176 Å². The SMILES string of the molecule is c1ccc([Si](c2ccccc2)(c2ccccc2)c2cccc(-c3c(N4c5ccccc5OC5CCCCC54)cccc3-n3c4ccccc4c4ccccc43)c2)cc1. The summed E-state index contributed by atoms with van der Waals surface area (Å²) >= 11 is 0. The summed E-state index contributed by atoms with van der Waals surface area (Å²) in [6.45, 7) is 0. The lowest BCUT2D eigenvalue weighted by molar-refractivity contribution is 0.120. The van der Waals surface area contributed by atoms with Crippen LogP contribution in [0.3, 0.4) is 0 Å². The molecule has 280 valence electrons. The van der Waals surface area contributed by atoms with Gasteiger partial charge in [-0.05, 0) is 82.0 Å². The van der Waals surface area contributed by atoms with E-state index in [0.717, 1.165) is 24.3 Å². The molecule has 2 heterocycles. The van der Waals surface area contributed by atoms with Crippen LogP contribution in [0.5, 0.6) is 5.75 Å². The van der Waals surface area contributed by atoms with Gasteiger partial charge in [-0.3, -0.25) is 0 Å². The van der Waals surface area contributed by atoms with Crippen molar-refractivity contribution in [2.24, 2.45) is 0 Å². The first kappa shape index (κ1) is 34.6. The summed E-state index contributed by atoms with van der Waals surface area (Å²) in [5.41, 5.74) is 8.39. The van der Waals surface area contributed by atoms with E-state index in [0.29, 0.717) is 0 Å². The normalized spacial score (nSPS) is 16.4. The molecule has 0 radical (unpaired) electrons. The Kier molecular flexibility index (Phi) is 8.59. The molecule has 1 aliphatic carbocycles. The Balaban J connectivity index is 1.25. The molecular formula is C54H44N2OSi. The predicted octanol–water partition coefficient (Wildman–Crippen LogP) is 10.7. The van der Waals surface area contributed by atoms with Gasteiger partial charge >= 0.3 is 0 Å². The van der Waals surface area contributed by atoms with Gasteiger partial charge in [0, 0.05) is 16.3 Å². The average molecular weight is 765 g/mol. The number of aromatic nitrogens is 1. The van der Waals surface area contributed by atoms with Gasteiger partial charge in [0.25, 0.3) is 0 Å². The second-order valence-corrected chi connectivity index (χ2v) is 19.6. The zero-order valence-electron chi connectivity index (χ0n) is 32.4. The van der Waals surface area contributed by atoms with Crippen molar-refractivity contribution < 1.29 is 4.74 Å². The van der Waals surface area contributed by atoms with Crippen LogP contribution in [-0.4, -0.2) is 24.8 Å². The van der Waals surface area contributed by atoms with Crippen LogP contribution in [0.1, 0.15) is 25.7 Å². The third kappa shape index (κ3) is 5.47. The lowest BCUT2D eigenvalue weighted by Gasteiger charge is -2.46. The van der Waals surface area contributed by atoms with E-state index in [2.05, 4.69) is 216 Å². The Hall–Kier alpha value is -6.62. The number of rotatable bonds is 7. The molecule has 1 aromatic heterocycles. The van der Waals surface area contributed by atoms with Crippen molar-refractivity contribution in [3.05, 3.63) is 206 Å². The van der Waals surface area contributed by atoms with E-state index >= 15 is 0 Å². The second kappa shape index (κ2) is 14.4. The quantitative estimate of drug-likeness (QED) is 0.119. The third-order valence-corrected chi connectivity index (χ3v) is 17.5. The maximum Gasteiger partial charge on any atom is 0.179 e. The molecule has 1 aliphatic heterocycles. The highest BCUT2D eigenvalue weighted by atomic mass is 28.3. The van der Waals surface area contributed by atoms with Gasteiger partial charge in [0.2, 0.25) is 0 Å². The first-order valence-corrected chi connectivity index (χ1v) is 22.7. The van der Waals surface area contributed by atoms with Gasteiger partial charge in [-0.2, -0.15) is 0 Å². The largest absolute Gasteiger partial charge is 0.486 e. The van der Waals surface area contributed by atoms with Gasteiger partial charge in [0.15, 0.2) is 8.07 Å². The van der Waals surface area contributed by atoms with Crippen molar-refractivity contribution in [1.29, 1.82) is 0 Å². The minimum absolute atomic E-state index is 0.133. The summed E-state index contributed by atoms with van der Waals surface area (Å²) in [6.07, 6.45) is 4.67. The molecule has 8 aromatic carbocycles. The molecule has 3 nitrogen and oxygen atoms in total. The summed E-state index contributed by atoms with van der Waals surface area (Å²) in [7, 11) is -2.82. The van der Waals surface area contributed by atoms with Crippen LogP contribution in [-0.2, 0) is 0 Å². The van der Waals surface area contributed by atoms with E-state index in [1.165, 1.54) is 77.9 Å². The molecule has 1 saturated carbocycles. The fourth-order valence-electron chi connectivity index (χ4n) is 10.3. The molecule has 0 N–H and O–H groups in total. The standard InChI is InChI=1S/C54H44N2OSi/c1-4-21-40(22-5-1)58(41-23-6-2-7-24-41,42-25-8-3-9-26-42)43-27-18-20-39(38-43)54-50(55-46-30-12-10-28-44(46)45-29-11-13-31-47(45)55)34-19-35-51(54)56-48-32-14-16-36-52(48)57-53-37-17-15-33-49(53)56/h1-14,16,18-32,34-36,38,49,53H,15,17,33,37H2. The van der Waals surface area contributed by atoms with E-state index in [-0.39, 0.29) is 12.1 Å². The number of anilines is 2. The lowest BCUT2D eigenvalue weighted by atomic mass is 9.88. The van der Waals surface area contributed by atoms with Gasteiger partial charge < -0.3 is 14.2 Å². The van der Waals surface area contributed by atoms with Gasteiger partial charge in [-0.15, -0.1) is 0 Å². The monoisotopic (exact) mass is 764 g/mol. The number of hydrogen-bond donors (Lipinski definition) is 0. The highest BCUT2D eigenvalue weighted by Crippen LogP contribution is 2.49. The number of fused-ring (bicyclic) bond motifs is 5. The topological polar surface area (TPSA) is 17.4 Å². The minimum atomic E-state index is -2.82. The molecule has 9 aromatic rings. The van der Waals surface area contributed by atoms with E-state index in [4.69, 9.17) is 4.74 Å². The molecule has 1 fully saturated rings. The van der Waals surface area contributed by atoms with Crippen LogP contribution in [0.2, 0.25) is 0 Å². The van der Waals surface area contributed by atoms with Gasteiger partial charge in [-0.25, -0.2) is 0 Å². The van der Waals surface area contributed by atoms with Crippen LogP contribution in [0.4, 0.5) is 11.4 Å². The van der Waals surface area contributed by atoms with Crippen molar-refractivity contribution in [2.45, 2.75) is 37.8 Å². The number of hydrogen-bond acceptors (Lipinski definition) is 2. The van der Waals surface area contributed by atoms with Crippen LogP contribution >= 0.6 is 0 Å². The van der Waals surface area contributed by atoms with Gasteiger partial charge in [0.1, 0.15) is 11.9 Å². The molecule has 0 amide bonds. The first-order valence-electron chi connectivity index (χ1n) is 20.7. The minimum Gasteiger partial charge on any atom is -0.486 e. The van der Waals surface area contributed by atoms with E-state index in [9.17, 15) is 0 Å². The fourth-order valence-corrected chi connectivity index (χ4v) is 15.1. The average Bonchev–Trinajstić information content (AvgIpc) is 3.64. The summed E-state index contributed by atoms with van der Waals surface area (Å²) < 4.78 is 9.33. The van der Waals surface area contributed by atoms with Crippen LogP contribution in [0.25, 0.3) is 38.6 Å². The van der Waals surface area contributed by atoms with Crippen LogP contribution in [0.15, 0.2) is 206 Å². The Bertz CT molecular complexity index is 2750. The molecular weight excluding hydrogens is 721 g/mol. The Morgan fingerprint density at radius 1 is 0.431 bits per heavy atom. The van der Waals surface area contributed by atoms with Crippen molar-refractivity contribution in [1.82, 2.24) is 4.57 Å². The molecule has 11 rings (SSSR count). The Morgan fingerprint density at radius 2 is 0.931 bits per heavy atom. The van der Waals surface area contributed by atoms with E-state index in [1.807, 2.05) is 0 Å². The zero-order valence-corrected chi connectivity index (χ0v) is 33.4. The highest BCUT2D eigenvalue weighted by Gasteiger charge is 2.43. The predicted molar refractivity (Wildman–Crippen MR) is 245 cm³/mol. The fraction of sp³-hybridized carbons (Fsp3) is 0.111. The highest BCUT2D eigenvalue weighted by molar-refractivity contribution is 7.19. The summed E-state index contributed by atoms with van der Waals surface area (Å²) in [6, 6.07) is 77.0. The number of para-hydroxylation sites is 4.